The van der Waals surface area contributed by atoms with Crippen LogP contribution in [0.2, 0.25) is 0 Å². The molecule has 8 aromatic rings. The number of para-hydroxylation sites is 4. The smallest absolute Gasteiger partial charge is 0.159 e. The van der Waals surface area contributed by atoms with Crippen LogP contribution in [0.3, 0.4) is 0 Å². The second-order valence-electron chi connectivity index (χ2n) is 8.54. The third-order valence-corrected chi connectivity index (χ3v) is 6.81. The SMILES string of the molecule is c1ccc2c(c1)oc1ccc3c4cccc(-n5c6ccccc6c6ccccc65)c4oc3c12. The number of nitrogens with zero attached hydrogens (tertiary/aromatic N) is 1. The molecule has 5 aromatic carbocycles. The first-order valence-electron chi connectivity index (χ1n) is 11.1. The first kappa shape index (κ1) is 17.1. The van der Waals surface area contributed by atoms with Crippen LogP contribution in [0.5, 0.6) is 0 Å². The number of fused-ring (bicyclic) bond motifs is 10. The van der Waals surface area contributed by atoms with Gasteiger partial charge in [0, 0.05) is 26.9 Å². The minimum atomic E-state index is 0.848. The number of rotatable bonds is 1. The molecule has 0 aliphatic carbocycles. The summed E-state index contributed by atoms with van der Waals surface area (Å²) in [4.78, 5) is 0. The van der Waals surface area contributed by atoms with Gasteiger partial charge in [0.2, 0.25) is 0 Å². The van der Waals surface area contributed by atoms with Gasteiger partial charge in [0.1, 0.15) is 16.7 Å². The van der Waals surface area contributed by atoms with Gasteiger partial charge in [0.25, 0.3) is 0 Å². The predicted molar refractivity (Wildman–Crippen MR) is 135 cm³/mol. The molecule has 3 heterocycles. The van der Waals surface area contributed by atoms with Crippen LogP contribution < -0.4 is 0 Å². The van der Waals surface area contributed by atoms with Gasteiger partial charge in [0.15, 0.2) is 5.58 Å². The number of furan rings is 2. The third-order valence-electron chi connectivity index (χ3n) is 6.81. The van der Waals surface area contributed by atoms with Crippen LogP contribution in [0.1, 0.15) is 0 Å². The van der Waals surface area contributed by atoms with Gasteiger partial charge in [-0.15, -0.1) is 0 Å². The van der Waals surface area contributed by atoms with Crippen LogP contribution in [0.15, 0.2) is 112 Å². The van der Waals surface area contributed by atoms with Gasteiger partial charge in [-0.2, -0.15) is 0 Å². The van der Waals surface area contributed by atoms with Crippen LogP contribution in [-0.4, -0.2) is 4.57 Å². The zero-order chi connectivity index (χ0) is 21.5. The molecule has 0 saturated carbocycles. The highest BCUT2D eigenvalue weighted by molar-refractivity contribution is 6.23. The van der Waals surface area contributed by atoms with E-state index in [-0.39, 0.29) is 0 Å². The first-order valence-corrected chi connectivity index (χ1v) is 11.1. The van der Waals surface area contributed by atoms with Crippen LogP contribution in [0.25, 0.3) is 71.4 Å². The van der Waals surface area contributed by atoms with E-state index < -0.39 is 0 Å². The van der Waals surface area contributed by atoms with Crippen molar-refractivity contribution in [3.8, 4) is 5.69 Å². The fourth-order valence-electron chi connectivity index (χ4n) is 5.41. The molecule has 0 aliphatic heterocycles. The van der Waals surface area contributed by atoms with Gasteiger partial charge < -0.3 is 13.4 Å². The van der Waals surface area contributed by atoms with Gasteiger partial charge in [-0.25, -0.2) is 0 Å². The van der Waals surface area contributed by atoms with Crippen molar-refractivity contribution in [2.24, 2.45) is 0 Å². The summed E-state index contributed by atoms with van der Waals surface area (Å²) in [6.07, 6.45) is 0. The summed E-state index contributed by atoms with van der Waals surface area (Å²) in [5.41, 5.74) is 6.87. The number of benzene rings is 5. The quantitative estimate of drug-likeness (QED) is 0.265. The maximum Gasteiger partial charge on any atom is 0.159 e. The van der Waals surface area contributed by atoms with E-state index in [1.807, 2.05) is 18.2 Å². The van der Waals surface area contributed by atoms with Crippen molar-refractivity contribution < 1.29 is 8.83 Å². The molecule has 3 nitrogen and oxygen atoms in total. The molecule has 33 heavy (non-hydrogen) atoms. The van der Waals surface area contributed by atoms with Crippen LogP contribution in [-0.2, 0) is 0 Å². The molecule has 0 N–H and O–H groups in total. The lowest BCUT2D eigenvalue weighted by atomic mass is 10.1. The minimum absolute atomic E-state index is 0.848. The lowest BCUT2D eigenvalue weighted by molar-refractivity contribution is 0.661. The van der Waals surface area contributed by atoms with E-state index in [4.69, 9.17) is 8.83 Å². The molecule has 0 saturated heterocycles. The Morgan fingerprint density at radius 3 is 1.85 bits per heavy atom. The van der Waals surface area contributed by atoms with E-state index in [1.54, 1.807) is 0 Å². The molecular weight excluding hydrogens is 406 g/mol. The number of aromatic nitrogens is 1. The maximum atomic E-state index is 6.70. The van der Waals surface area contributed by atoms with E-state index >= 15 is 0 Å². The molecule has 0 unspecified atom stereocenters. The van der Waals surface area contributed by atoms with Crippen molar-refractivity contribution in [1.29, 1.82) is 0 Å². The minimum Gasteiger partial charge on any atom is -0.456 e. The molecule has 8 rings (SSSR count). The lowest BCUT2D eigenvalue weighted by Gasteiger charge is -2.08. The standard InChI is InChI=1S/C30H17NO2/c1-4-12-23-18(8-1)19-9-2-5-13-24(19)31(23)25-14-7-11-20-21-16-17-27-28(30(21)33-29(20)25)22-10-3-6-15-26(22)32-27/h1-17H. The fourth-order valence-corrected chi connectivity index (χ4v) is 5.41. The van der Waals surface area contributed by atoms with Crippen molar-refractivity contribution in [1.82, 2.24) is 4.57 Å². The molecule has 154 valence electrons. The van der Waals surface area contributed by atoms with E-state index in [1.165, 1.54) is 21.8 Å². The van der Waals surface area contributed by atoms with Gasteiger partial charge in [-0.3, -0.25) is 0 Å². The van der Waals surface area contributed by atoms with Gasteiger partial charge in [-0.05, 0) is 36.4 Å². The van der Waals surface area contributed by atoms with Crippen LogP contribution in [0, 0.1) is 0 Å². The maximum absolute atomic E-state index is 6.70. The Labute approximate surface area is 188 Å². The Morgan fingerprint density at radius 2 is 1.06 bits per heavy atom. The first-order chi connectivity index (χ1) is 16.4. The lowest BCUT2D eigenvalue weighted by Crippen LogP contribution is -1.93. The Kier molecular flexibility index (Phi) is 3.14. The monoisotopic (exact) mass is 423 g/mol. The normalized spacial score (nSPS) is 12.2. The molecular formula is C30H17NO2. The average Bonchev–Trinajstić information content (AvgIpc) is 3.53. The second kappa shape index (κ2) is 6.05. The summed E-state index contributed by atoms with van der Waals surface area (Å²) in [6.45, 7) is 0. The van der Waals surface area contributed by atoms with E-state index in [0.717, 1.165) is 49.6 Å². The van der Waals surface area contributed by atoms with Crippen LogP contribution in [0.4, 0.5) is 0 Å². The highest BCUT2D eigenvalue weighted by Crippen LogP contribution is 2.42. The third kappa shape index (κ3) is 2.14. The molecule has 0 radical (unpaired) electrons. The van der Waals surface area contributed by atoms with Crippen molar-refractivity contribution >= 4 is 65.7 Å². The van der Waals surface area contributed by atoms with Gasteiger partial charge in [-0.1, -0.05) is 66.7 Å². The van der Waals surface area contributed by atoms with E-state index in [2.05, 4.69) is 89.5 Å². The summed E-state index contributed by atoms with van der Waals surface area (Å²) in [5.74, 6) is 0. The number of hydrogen-bond donors (Lipinski definition) is 0. The Hall–Kier alpha value is -4.50. The van der Waals surface area contributed by atoms with E-state index in [9.17, 15) is 0 Å². The van der Waals surface area contributed by atoms with E-state index in [0.29, 0.717) is 0 Å². The van der Waals surface area contributed by atoms with Gasteiger partial charge in [0.05, 0.1) is 22.1 Å². The molecule has 0 spiro atoms. The summed E-state index contributed by atoms with van der Waals surface area (Å²) < 4.78 is 15.1. The zero-order valence-corrected chi connectivity index (χ0v) is 17.6. The zero-order valence-electron chi connectivity index (χ0n) is 17.6. The summed E-state index contributed by atoms with van der Waals surface area (Å²) in [6, 6.07) is 35.9. The summed E-state index contributed by atoms with van der Waals surface area (Å²) in [5, 5.41) is 6.81. The molecule has 0 amide bonds. The van der Waals surface area contributed by atoms with Crippen molar-refractivity contribution in [2.75, 3.05) is 0 Å². The molecule has 0 bridgehead atoms. The van der Waals surface area contributed by atoms with Crippen molar-refractivity contribution in [3.05, 3.63) is 103 Å². The fraction of sp³-hybridized carbons (Fsp3) is 0. The molecule has 3 aromatic heterocycles. The molecule has 0 fully saturated rings. The van der Waals surface area contributed by atoms with Crippen molar-refractivity contribution in [2.45, 2.75) is 0 Å². The summed E-state index contributed by atoms with van der Waals surface area (Å²) in [7, 11) is 0. The topological polar surface area (TPSA) is 31.2 Å². The Morgan fingerprint density at radius 1 is 0.424 bits per heavy atom. The van der Waals surface area contributed by atoms with Gasteiger partial charge >= 0.3 is 0 Å². The highest BCUT2D eigenvalue weighted by atomic mass is 16.3. The van der Waals surface area contributed by atoms with Crippen LogP contribution >= 0.6 is 0 Å². The highest BCUT2D eigenvalue weighted by Gasteiger charge is 2.20. The largest absolute Gasteiger partial charge is 0.456 e. The Bertz CT molecular complexity index is 1980. The average molecular weight is 423 g/mol. The Balaban J connectivity index is 1.57. The molecule has 0 aliphatic rings. The second-order valence-corrected chi connectivity index (χ2v) is 8.54. The molecule has 0 atom stereocenters. The molecule has 3 heteroatoms. The van der Waals surface area contributed by atoms with Crippen molar-refractivity contribution in [3.63, 3.8) is 0 Å². The number of hydrogen-bond acceptors (Lipinski definition) is 2. The summed E-state index contributed by atoms with van der Waals surface area (Å²) >= 11 is 0. The predicted octanol–water partition coefficient (Wildman–Crippen LogP) is 8.58.